The van der Waals surface area contributed by atoms with Crippen LogP contribution in [0.5, 0.6) is 5.75 Å². The Morgan fingerprint density at radius 2 is 1.56 bits per heavy atom. The van der Waals surface area contributed by atoms with Crippen LogP contribution < -0.4 is 10.5 Å². The molecule has 0 fully saturated rings. The molecular formula is C21H27NO3. The lowest BCUT2D eigenvalue weighted by Gasteiger charge is -2.22. The molecule has 0 saturated carbocycles. The molecule has 134 valence electrons. The maximum absolute atomic E-state index is 11.9. The summed E-state index contributed by atoms with van der Waals surface area (Å²) in [6.07, 6.45) is 0.438. The number of nitrogens with two attached hydrogens (primary N) is 1. The molecular weight excluding hydrogens is 314 g/mol. The molecule has 2 N–H and O–H groups in total. The van der Waals surface area contributed by atoms with E-state index in [1.54, 1.807) is 0 Å². The minimum atomic E-state index is -0.668. The third kappa shape index (κ3) is 6.59. The first kappa shape index (κ1) is 19.0. The van der Waals surface area contributed by atoms with Gasteiger partial charge < -0.3 is 15.2 Å². The number of aryl methyl sites for hydroxylation is 1. The second kappa shape index (κ2) is 8.17. The van der Waals surface area contributed by atoms with E-state index in [1.807, 2.05) is 45.0 Å². The van der Waals surface area contributed by atoms with Gasteiger partial charge in [0.05, 0.1) is 0 Å². The maximum atomic E-state index is 11.9. The summed E-state index contributed by atoms with van der Waals surface area (Å²) < 4.78 is 11.1. The number of ether oxygens (including phenoxy) is 2. The van der Waals surface area contributed by atoms with E-state index in [4.69, 9.17) is 15.2 Å². The van der Waals surface area contributed by atoms with Crippen LogP contribution in [0.25, 0.3) is 0 Å². The van der Waals surface area contributed by atoms with Crippen LogP contribution in [0.4, 0.5) is 0 Å². The van der Waals surface area contributed by atoms with E-state index in [9.17, 15) is 4.79 Å². The predicted octanol–water partition coefficient (Wildman–Crippen LogP) is 3.79. The molecule has 25 heavy (non-hydrogen) atoms. The number of benzene rings is 2. The van der Waals surface area contributed by atoms with Gasteiger partial charge in [-0.15, -0.1) is 0 Å². The highest BCUT2D eigenvalue weighted by Crippen LogP contribution is 2.16. The number of hydrogen-bond donors (Lipinski definition) is 1. The van der Waals surface area contributed by atoms with Crippen molar-refractivity contribution in [1.82, 2.24) is 0 Å². The standard InChI is InChI=1S/C21H27NO3/c1-15-5-7-17(8-6-15)14-24-18-11-9-16(10-12-18)13-19(22)20(23)25-21(2,3)4/h5-12,19H,13-14,22H2,1-4H3. The van der Waals surface area contributed by atoms with E-state index >= 15 is 0 Å². The Kier molecular flexibility index (Phi) is 6.21. The van der Waals surface area contributed by atoms with Gasteiger partial charge in [-0.25, -0.2) is 0 Å². The van der Waals surface area contributed by atoms with Gasteiger partial charge in [0.1, 0.15) is 24.0 Å². The molecule has 4 heteroatoms. The zero-order valence-corrected chi connectivity index (χ0v) is 15.4. The predicted molar refractivity (Wildman–Crippen MR) is 99.5 cm³/mol. The van der Waals surface area contributed by atoms with Crippen molar-refractivity contribution < 1.29 is 14.3 Å². The molecule has 0 spiro atoms. The normalized spacial score (nSPS) is 12.5. The van der Waals surface area contributed by atoms with Crippen molar-refractivity contribution in [3.05, 3.63) is 65.2 Å². The highest BCUT2D eigenvalue weighted by atomic mass is 16.6. The average molecular weight is 341 g/mol. The summed E-state index contributed by atoms with van der Waals surface area (Å²) in [7, 11) is 0. The molecule has 0 saturated heterocycles. The molecule has 0 heterocycles. The molecule has 0 radical (unpaired) electrons. The summed E-state index contributed by atoms with van der Waals surface area (Å²) in [5.74, 6) is 0.405. The molecule has 1 atom stereocenters. The number of carbonyl (C=O) groups is 1. The largest absolute Gasteiger partial charge is 0.489 e. The first-order chi connectivity index (χ1) is 11.7. The van der Waals surface area contributed by atoms with E-state index in [0.29, 0.717) is 13.0 Å². The first-order valence-corrected chi connectivity index (χ1v) is 8.49. The van der Waals surface area contributed by atoms with Gasteiger partial charge in [-0.3, -0.25) is 4.79 Å². The third-order valence-corrected chi connectivity index (χ3v) is 3.61. The van der Waals surface area contributed by atoms with Gasteiger partial charge in [0, 0.05) is 0 Å². The summed E-state index contributed by atoms with van der Waals surface area (Å²) in [5.41, 5.74) is 8.74. The zero-order valence-electron chi connectivity index (χ0n) is 15.4. The molecule has 2 aromatic carbocycles. The topological polar surface area (TPSA) is 61.5 Å². The van der Waals surface area contributed by atoms with Crippen LogP contribution in [-0.4, -0.2) is 17.6 Å². The summed E-state index contributed by atoms with van der Waals surface area (Å²) in [4.78, 5) is 11.9. The van der Waals surface area contributed by atoms with Crippen molar-refractivity contribution in [2.45, 2.75) is 52.4 Å². The lowest BCUT2D eigenvalue weighted by Crippen LogP contribution is -2.38. The van der Waals surface area contributed by atoms with Gasteiger partial charge >= 0.3 is 5.97 Å². The molecule has 1 unspecified atom stereocenters. The maximum Gasteiger partial charge on any atom is 0.323 e. The molecule has 2 rings (SSSR count). The fourth-order valence-electron chi connectivity index (χ4n) is 2.29. The lowest BCUT2D eigenvalue weighted by molar-refractivity contribution is -0.156. The number of carbonyl (C=O) groups excluding carboxylic acids is 1. The van der Waals surface area contributed by atoms with E-state index in [-0.39, 0.29) is 5.97 Å². The summed E-state index contributed by atoms with van der Waals surface area (Å²) in [5, 5.41) is 0. The van der Waals surface area contributed by atoms with Crippen LogP contribution in [0, 0.1) is 6.92 Å². The smallest absolute Gasteiger partial charge is 0.323 e. The zero-order chi connectivity index (χ0) is 18.4. The number of esters is 1. The van der Waals surface area contributed by atoms with Gasteiger partial charge in [-0.05, 0) is 57.4 Å². The summed E-state index contributed by atoms with van der Waals surface area (Å²) in [6, 6.07) is 15.2. The van der Waals surface area contributed by atoms with Crippen LogP contribution >= 0.6 is 0 Å². The van der Waals surface area contributed by atoms with Crippen molar-refractivity contribution in [2.75, 3.05) is 0 Å². The summed E-state index contributed by atoms with van der Waals surface area (Å²) >= 11 is 0. The highest BCUT2D eigenvalue weighted by Gasteiger charge is 2.22. The van der Waals surface area contributed by atoms with E-state index in [2.05, 4.69) is 31.2 Å². The van der Waals surface area contributed by atoms with E-state index < -0.39 is 11.6 Å². The van der Waals surface area contributed by atoms with Gasteiger partial charge in [-0.1, -0.05) is 42.0 Å². The van der Waals surface area contributed by atoms with Crippen molar-refractivity contribution in [3.63, 3.8) is 0 Å². The molecule has 0 aromatic heterocycles. The second-order valence-corrected chi connectivity index (χ2v) is 7.26. The van der Waals surface area contributed by atoms with Gasteiger partial charge in [0.2, 0.25) is 0 Å². The monoisotopic (exact) mass is 341 g/mol. The Labute approximate surface area is 150 Å². The fourth-order valence-corrected chi connectivity index (χ4v) is 2.29. The molecule has 0 bridgehead atoms. The van der Waals surface area contributed by atoms with Crippen LogP contribution in [0.3, 0.4) is 0 Å². The van der Waals surface area contributed by atoms with Crippen molar-refractivity contribution in [1.29, 1.82) is 0 Å². The minimum absolute atomic E-state index is 0.382. The van der Waals surface area contributed by atoms with Crippen molar-refractivity contribution in [2.24, 2.45) is 5.73 Å². The molecule has 0 aliphatic heterocycles. The molecule has 0 aliphatic rings. The van der Waals surface area contributed by atoms with Crippen molar-refractivity contribution >= 4 is 5.97 Å². The number of rotatable bonds is 6. The van der Waals surface area contributed by atoms with E-state index in [0.717, 1.165) is 16.9 Å². The Bertz CT molecular complexity index is 685. The van der Waals surface area contributed by atoms with Crippen LogP contribution in [-0.2, 0) is 22.6 Å². The minimum Gasteiger partial charge on any atom is -0.489 e. The van der Waals surface area contributed by atoms with Crippen LogP contribution in [0.2, 0.25) is 0 Å². The lowest BCUT2D eigenvalue weighted by atomic mass is 10.1. The van der Waals surface area contributed by atoms with Crippen LogP contribution in [0.15, 0.2) is 48.5 Å². The number of hydrogen-bond acceptors (Lipinski definition) is 4. The summed E-state index contributed by atoms with van der Waals surface area (Å²) in [6.45, 7) is 8.08. The molecule has 4 nitrogen and oxygen atoms in total. The highest BCUT2D eigenvalue weighted by molar-refractivity contribution is 5.76. The van der Waals surface area contributed by atoms with Crippen LogP contribution in [0.1, 0.15) is 37.5 Å². The molecule has 0 aliphatic carbocycles. The first-order valence-electron chi connectivity index (χ1n) is 8.49. The third-order valence-electron chi connectivity index (χ3n) is 3.61. The molecule has 0 amide bonds. The van der Waals surface area contributed by atoms with Gasteiger partial charge in [0.15, 0.2) is 0 Å². The Hall–Kier alpha value is -2.33. The van der Waals surface area contributed by atoms with Gasteiger partial charge in [-0.2, -0.15) is 0 Å². The Balaban J connectivity index is 1.86. The quantitative estimate of drug-likeness (QED) is 0.812. The Morgan fingerprint density at radius 1 is 1.00 bits per heavy atom. The fraction of sp³-hybridized carbons (Fsp3) is 0.381. The van der Waals surface area contributed by atoms with E-state index in [1.165, 1.54) is 5.56 Å². The molecule has 2 aromatic rings. The van der Waals surface area contributed by atoms with Gasteiger partial charge in [0.25, 0.3) is 0 Å². The second-order valence-electron chi connectivity index (χ2n) is 7.26. The Morgan fingerprint density at radius 3 is 2.12 bits per heavy atom. The van der Waals surface area contributed by atoms with Crippen molar-refractivity contribution in [3.8, 4) is 5.75 Å². The average Bonchev–Trinajstić information content (AvgIpc) is 2.54. The SMILES string of the molecule is Cc1ccc(COc2ccc(CC(N)C(=O)OC(C)(C)C)cc2)cc1.